The Bertz CT molecular complexity index is 296. The molecule has 54 valence electrons. The summed E-state index contributed by atoms with van der Waals surface area (Å²) in [6.45, 7) is 0. The number of allylic oxidation sites excluding steroid dienone is 2. The second-order valence-corrected chi connectivity index (χ2v) is 2.44. The molecule has 0 aromatic carbocycles. The van der Waals surface area contributed by atoms with Crippen molar-refractivity contribution >= 4 is 0 Å². The minimum absolute atomic E-state index is 0.344. The van der Waals surface area contributed by atoms with E-state index in [9.17, 15) is 5.11 Å². The standard InChI is InChI=1S/C10H8O/c1-3-9-6-5-7-10(11,4-2)8-9/h1-2,5-7,11H,8H2. The van der Waals surface area contributed by atoms with Crippen LogP contribution < -0.4 is 0 Å². The first-order chi connectivity index (χ1) is 5.20. The fraction of sp³-hybridized carbons (Fsp3) is 0.200. The molecule has 1 rings (SSSR count). The molecule has 0 amide bonds. The molecule has 0 aromatic heterocycles. The van der Waals surface area contributed by atoms with Gasteiger partial charge in [0.15, 0.2) is 0 Å². The molecule has 11 heavy (non-hydrogen) atoms. The molecular weight excluding hydrogens is 136 g/mol. The highest BCUT2D eigenvalue weighted by Gasteiger charge is 2.22. The van der Waals surface area contributed by atoms with E-state index in [0.717, 1.165) is 5.57 Å². The molecule has 1 aliphatic rings. The number of hydrogen-bond donors (Lipinski definition) is 1. The van der Waals surface area contributed by atoms with Crippen LogP contribution >= 0.6 is 0 Å². The molecule has 0 aromatic rings. The van der Waals surface area contributed by atoms with Crippen molar-refractivity contribution in [2.24, 2.45) is 0 Å². The monoisotopic (exact) mass is 144 g/mol. The van der Waals surface area contributed by atoms with Gasteiger partial charge in [0, 0.05) is 12.0 Å². The quantitative estimate of drug-likeness (QED) is 0.500. The molecule has 0 fully saturated rings. The van der Waals surface area contributed by atoms with Gasteiger partial charge in [-0.3, -0.25) is 0 Å². The average molecular weight is 144 g/mol. The molecule has 0 aliphatic heterocycles. The summed E-state index contributed by atoms with van der Waals surface area (Å²) in [7, 11) is 0. The lowest BCUT2D eigenvalue weighted by Crippen LogP contribution is -2.25. The fourth-order valence-electron chi connectivity index (χ4n) is 0.930. The van der Waals surface area contributed by atoms with Crippen molar-refractivity contribution in [3.05, 3.63) is 23.8 Å². The fourth-order valence-corrected chi connectivity index (χ4v) is 0.930. The van der Waals surface area contributed by atoms with Gasteiger partial charge in [-0.2, -0.15) is 0 Å². The Labute approximate surface area is 66.4 Å². The predicted octanol–water partition coefficient (Wildman–Crippen LogP) is 0.870. The van der Waals surface area contributed by atoms with Gasteiger partial charge in [-0.1, -0.05) is 24.0 Å². The number of hydrogen-bond acceptors (Lipinski definition) is 1. The summed E-state index contributed by atoms with van der Waals surface area (Å²) in [4.78, 5) is 0. The third-order valence-electron chi connectivity index (χ3n) is 1.56. The van der Waals surface area contributed by atoms with E-state index in [4.69, 9.17) is 12.8 Å². The largest absolute Gasteiger partial charge is 0.374 e. The van der Waals surface area contributed by atoms with E-state index in [1.165, 1.54) is 0 Å². The van der Waals surface area contributed by atoms with Crippen LogP contribution in [0.4, 0.5) is 0 Å². The van der Waals surface area contributed by atoms with Gasteiger partial charge >= 0.3 is 0 Å². The summed E-state index contributed by atoms with van der Waals surface area (Å²) in [5.41, 5.74) is -0.441. The minimum atomic E-state index is -1.17. The Balaban J connectivity index is 2.89. The van der Waals surface area contributed by atoms with Gasteiger partial charge in [-0.25, -0.2) is 0 Å². The second kappa shape index (κ2) is 2.66. The van der Waals surface area contributed by atoms with Gasteiger partial charge in [0.05, 0.1) is 0 Å². The molecule has 1 atom stereocenters. The van der Waals surface area contributed by atoms with Gasteiger partial charge in [-0.05, 0) is 6.08 Å². The second-order valence-electron chi connectivity index (χ2n) is 2.44. The van der Waals surface area contributed by atoms with Crippen LogP contribution in [0.2, 0.25) is 0 Å². The third kappa shape index (κ3) is 1.52. The van der Waals surface area contributed by atoms with Crippen LogP contribution in [-0.2, 0) is 0 Å². The lowest BCUT2D eigenvalue weighted by Gasteiger charge is -2.19. The van der Waals surface area contributed by atoms with Crippen molar-refractivity contribution < 1.29 is 5.11 Å². The normalized spacial score (nSPS) is 28.5. The van der Waals surface area contributed by atoms with Crippen molar-refractivity contribution in [2.45, 2.75) is 12.0 Å². The Morgan fingerprint density at radius 1 is 1.55 bits per heavy atom. The van der Waals surface area contributed by atoms with Crippen LogP contribution in [0.25, 0.3) is 0 Å². The molecule has 0 bridgehead atoms. The van der Waals surface area contributed by atoms with Crippen molar-refractivity contribution in [1.29, 1.82) is 0 Å². The Hall–Kier alpha value is -1.44. The number of rotatable bonds is 0. The van der Waals surface area contributed by atoms with Crippen LogP contribution in [0.15, 0.2) is 23.8 Å². The van der Waals surface area contributed by atoms with Crippen LogP contribution in [0.3, 0.4) is 0 Å². The smallest absolute Gasteiger partial charge is 0.148 e. The summed E-state index contributed by atoms with van der Waals surface area (Å²) in [5.74, 6) is 4.72. The molecule has 1 nitrogen and oxygen atoms in total. The first-order valence-electron chi connectivity index (χ1n) is 3.25. The lowest BCUT2D eigenvalue weighted by molar-refractivity contribution is 0.153. The zero-order valence-electron chi connectivity index (χ0n) is 6.04. The van der Waals surface area contributed by atoms with Gasteiger partial charge in [0.1, 0.15) is 5.60 Å². The van der Waals surface area contributed by atoms with Gasteiger partial charge in [-0.15, -0.1) is 12.8 Å². The molecule has 1 unspecified atom stereocenters. The molecule has 0 spiro atoms. The number of terminal acetylenes is 2. The van der Waals surface area contributed by atoms with Crippen molar-refractivity contribution in [3.63, 3.8) is 0 Å². The van der Waals surface area contributed by atoms with E-state index in [1.54, 1.807) is 18.2 Å². The molecule has 0 saturated heterocycles. The summed E-state index contributed by atoms with van der Waals surface area (Å²) in [6, 6.07) is 0. The van der Waals surface area contributed by atoms with E-state index >= 15 is 0 Å². The zero-order valence-corrected chi connectivity index (χ0v) is 6.04. The van der Waals surface area contributed by atoms with Gasteiger partial charge in [0.25, 0.3) is 0 Å². The maximum Gasteiger partial charge on any atom is 0.148 e. The van der Waals surface area contributed by atoms with Crippen molar-refractivity contribution in [2.75, 3.05) is 0 Å². The Morgan fingerprint density at radius 2 is 2.27 bits per heavy atom. The maximum atomic E-state index is 9.52. The van der Waals surface area contributed by atoms with Crippen molar-refractivity contribution in [3.8, 4) is 24.7 Å². The predicted molar refractivity (Wildman–Crippen MR) is 44.5 cm³/mol. The lowest BCUT2D eigenvalue weighted by atomic mass is 9.91. The first-order valence-corrected chi connectivity index (χ1v) is 3.25. The minimum Gasteiger partial charge on any atom is -0.374 e. The SMILES string of the molecule is C#CC1=CC=CC(O)(C#C)C1. The average Bonchev–Trinajstić information content (AvgIpc) is 2.05. The van der Waals surface area contributed by atoms with Crippen LogP contribution in [-0.4, -0.2) is 10.7 Å². The highest BCUT2D eigenvalue weighted by molar-refractivity contribution is 5.40. The molecule has 0 saturated carbocycles. The van der Waals surface area contributed by atoms with E-state index in [1.807, 2.05) is 0 Å². The van der Waals surface area contributed by atoms with E-state index in [0.29, 0.717) is 6.42 Å². The molecular formula is C10H8O. The highest BCUT2D eigenvalue weighted by Crippen LogP contribution is 2.21. The first kappa shape index (κ1) is 7.66. The third-order valence-corrected chi connectivity index (χ3v) is 1.56. The van der Waals surface area contributed by atoms with Crippen LogP contribution in [0, 0.1) is 24.7 Å². The molecule has 0 radical (unpaired) electrons. The molecule has 1 aliphatic carbocycles. The highest BCUT2D eigenvalue weighted by atomic mass is 16.3. The summed E-state index contributed by atoms with van der Waals surface area (Å²) < 4.78 is 0. The van der Waals surface area contributed by atoms with Crippen LogP contribution in [0.5, 0.6) is 0 Å². The maximum absolute atomic E-state index is 9.52. The molecule has 1 heteroatoms. The van der Waals surface area contributed by atoms with E-state index in [-0.39, 0.29) is 0 Å². The van der Waals surface area contributed by atoms with Crippen molar-refractivity contribution in [1.82, 2.24) is 0 Å². The molecule has 0 heterocycles. The summed E-state index contributed by atoms with van der Waals surface area (Å²) >= 11 is 0. The van der Waals surface area contributed by atoms with Gasteiger partial charge < -0.3 is 5.11 Å². The molecule has 1 N–H and O–H groups in total. The Morgan fingerprint density at radius 3 is 2.82 bits per heavy atom. The Kier molecular flexibility index (Phi) is 1.85. The van der Waals surface area contributed by atoms with E-state index < -0.39 is 5.60 Å². The van der Waals surface area contributed by atoms with Crippen LogP contribution in [0.1, 0.15) is 6.42 Å². The summed E-state index contributed by atoms with van der Waals surface area (Å²) in [5, 5.41) is 9.52. The van der Waals surface area contributed by atoms with Gasteiger partial charge in [0.2, 0.25) is 0 Å². The van der Waals surface area contributed by atoms with E-state index in [2.05, 4.69) is 11.8 Å². The topological polar surface area (TPSA) is 20.2 Å². The zero-order chi connectivity index (χ0) is 8.32. The summed E-state index contributed by atoms with van der Waals surface area (Å²) in [6.07, 6.45) is 15.6. The number of aliphatic hydroxyl groups is 1.